The summed E-state index contributed by atoms with van der Waals surface area (Å²) in [4.78, 5) is 16.3. The molecule has 2 aromatic rings. The minimum Gasteiger partial charge on any atom is -0.486 e. The number of aromatic nitrogens is 1. The maximum absolute atomic E-state index is 14.1. The SMILES string of the molecule is O=[N+]([O-])c1ccc(N2CCCCC2c2cc(F)cc3c2OCCO3)cn1. The van der Waals surface area contributed by atoms with Gasteiger partial charge in [-0.2, -0.15) is 0 Å². The Labute approximate surface area is 149 Å². The lowest BCUT2D eigenvalue weighted by Crippen LogP contribution is -2.34. The van der Waals surface area contributed by atoms with E-state index in [0.29, 0.717) is 24.7 Å². The number of fused-ring (bicyclic) bond motifs is 1. The molecule has 1 saturated heterocycles. The van der Waals surface area contributed by atoms with Crippen LogP contribution in [0.3, 0.4) is 0 Å². The Morgan fingerprint density at radius 3 is 2.85 bits per heavy atom. The van der Waals surface area contributed by atoms with Crippen molar-refractivity contribution in [3.63, 3.8) is 0 Å². The first-order valence-corrected chi connectivity index (χ1v) is 8.59. The molecular weight excluding hydrogens is 341 g/mol. The summed E-state index contributed by atoms with van der Waals surface area (Å²) in [6.07, 6.45) is 4.33. The lowest BCUT2D eigenvalue weighted by atomic mass is 9.93. The Morgan fingerprint density at radius 1 is 1.23 bits per heavy atom. The van der Waals surface area contributed by atoms with Crippen molar-refractivity contribution < 1.29 is 18.8 Å². The molecule has 8 heteroatoms. The summed E-state index contributed by atoms with van der Waals surface area (Å²) >= 11 is 0. The van der Waals surface area contributed by atoms with Crippen LogP contribution in [0.25, 0.3) is 0 Å². The molecule has 0 bridgehead atoms. The van der Waals surface area contributed by atoms with Gasteiger partial charge in [-0.3, -0.25) is 0 Å². The number of nitrogens with zero attached hydrogens (tertiary/aromatic N) is 3. The van der Waals surface area contributed by atoms with E-state index >= 15 is 0 Å². The van der Waals surface area contributed by atoms with Crippen LogP contribution in [0.1, 0.15) is 30.9 Å². The zero-order chi connectivity index (χ0) is 18.1. The van der Waals surface area contributed by atoms with Crippen LogP contribution in [0, 0.1) is 15.9 Å². The van der Waals surface area contributed by atoms with Gasteiger partial charge in [0, 0.05) is 24.2 Å². The zero-order valence-corrected chi connectivity index (χ0v) is 14.1. The molecule has 0 N–H and O–H groups in total. The Morgan fingerprint density at radius 2 is 2.08 bits per heavy atom. The van der Waals surface area contributed by atoms with Gasteiger partial charge in [0.25, 0.3) is 0 Å². The molecule has 7 nitrogen and oxygen atoms in total. The first-order chi connectivity index (χ1) is 12.6. The van der Waals surface area contributed by atoms with E-state index in [-0.39, 0.29) is 17.7 Å². The average Bonchev–Trinajstić information content (AvgIpc) is 2.67. The van der Waals surface area contributed by atoms with Crippen molar-refractivity contribution in [2.45, 2.75) is 25.3 Å². The fourth-order valence-corrected chi connectivity index (χ4v) is 3.61. The third-order valence-corrected chi connectivity index (χ3v) is 4.75. The first kappa shape index (κ1) is 16.6. The highest BCUT2D eigenvalue weighted by Crippen LogP contribution is 2.44. The molecule has 0 radical (unpaired) electrons. The molecule has 0 aliphatic carbocycles. The highest BCUT2D eigenvalue weighted by Gasteiger charge is 2.31. The van der Waals surface area contributed by atoms with Gasteiger partial charge in [0.05, 0.1) is 11.7 Å². The van der Waals surface area contributed by atoms with Gasteiger partial charge in [0.15, 0.2) is 17.7 Å². The van der Waals surface area contributed by atoms with Crippen molar-refractivity contribution >= 4 is 11.5 Å². The van der Waals surface area contributed by atoms with Crippen LogP contribution in [0.4, 0.5) is 15.9 Å². The molecule has 1 atom stereocenters. The maximum atomic E-state index is 14.1. The average molecular weight is 359 g/mol. The van der Waals surface area contributed by atoms with Gasteiger partial charge in [0.2, 0.25) is 0 Å². The van der Waals surface area contributed by atoms with Gasteiger partial charge in [-0.1, -0.05) is 0 Å². The molecule has 1 aromatic carbocycles. The summed E-state index contributed by atoms with van der Waals surface area (Å²) in [5.41, 5.74) is 1.52. The maximum Gasteiger partial charge on any atom is 0.363 e. The summed E-state index contributed by atoms with van der Waals surface area (Å²) in [6.45, 7) is 1.59. The molecule has 1 fully saturated rings. The monoisotopic (exact) mass is 359 g/mol. The molecule has 0 spiro atoms. The molecule has 3 heterocycles. The number of nitro groups is 1. The number of ether oxygens (including phenoxy) is 2. The second-order valence-corrected chi connectivity index (χ2v) is 6.36. The first-order valence-electron chi connectivity index (χ1n) is 8.59. The van der Waals surface area contributed by atoms with E-state index in [9.17, 15) is 14.5 Å². The van der Waals surface area contributed by atoms with E-state index in [2.05, 4.69) is 9.88 Å². The van der Waals surface area contributed by atoms with Crippen LogP contribution >= 0.6 is 0 Å². The van der Waals surface area contributed by atoms with Gasteiger partial charge in [-0.25, -0.2) is 4.39 Å². The highest BCUT2D eigenvalue weighted by molar-refractivity contribution is 5.55. The number of hydrogen-bond donors (Lipinski definition) is 0. The summed E-state index contributed by atoms with van der Waals surface area (Å²) in [6, 6.07) is 5.82. The lowest BCUT2D eigenvalue weighted by molar-refractivity contribution is -0.389. The van der Waals surface area contributed by atoms with E-state index in [1.165, 1.54) is 24.4 Å². The number of piperidine rings is 1. The normalized spacial score (nSPS) is 19.3. The Bertz CT molecular complexity index is 828. The summed E-state index contributed by atoms with van der Waals surface area (Å²) in [5.74, 6) is 0.460. The summed E-state index contributed by atoms with van der Waals surface area (Å²) < 4.78 is 25.5. The van der Waals surface area contributed by atoms with Gasteiger partial charge >= 0.3 is 5.82 Å². The third-order valence-electron chi connectivity index (χ3n) is 4.75. The standard InChI is InChI=1S/C18H18FN3O4/c19-12-9-14(18-16(10-12)25-7-8-26-18)15-3-1-2-6-21(15)13-4-5-17(20-11-13)22(23)24/h4-5,9-11,15H,1-3,6-8H2. The molecule has 0 amide bonds. The smallest absolute Gasteiger partial charge is 0.363 e. The van der Waals surface area contributed by atoms with Crippen LogP contribution in [0.5, 0.6) is 11.5 Å². The van der Waals surface area contributed by atoms with Crippen molar-refractivity contribution in [3.8, 4) is 11.5 Å². The van der Waals surface area contributed by atoms with E-state index in [4.69, 9.17) is 9.47 Å². The molecule has 26 heavy (non-hydrogen) atoms. The largest absolute Gasteiger partial charge is 0.486 e. The predicted molar refractivity (Wildman–Crippen MR) is 92.2 cm³/mol. The lowest BCUT2D eigenvalue weighted by Gasteiger charge is -2.38. The van der Waals surface area contributed by atoms with Gasteiger partial charge in [-0.15, -0.1) is 0 Å². The topological polar surface area (TPSA) is 77.7 Å². The number of halogens is 1. The van der Waals surface area contributed by atoms with E-state index in [1.807, 2.05) is 0 Å². The van der Waals surface area contributed by atoms with Crippen molar-refractivity contribution in [1.82, 2.24) is 4.98 Å². The Hall–Kier alpha value is -2.90. The third kappa shape index (κ3) is 3.02. The molecule has 2 aliphatic rings. The van der Waals surface area contributed by atoms with Gasteiger partial charge in [0.1, 0.15) is 19.0 Å². The second-order valence-electron chi connectivity index (χ2n) is 6.36. The predicted octanol–water partition coefficient (Wildman–Crippen LogP) is 3.63. The van der Waals surface area contributed by atoms with Crippen LogP contribution in [0.15, 0.2) is 30.5 Å². The van der Waals surface area contributed by atoms with Crippen LogP contribution in [-0.2, 0) is 0 Å². The highest BCUT2D eigenvalue weighted by atomic mass is 19.1. The molecule has 136 valence electrons. The van der Waals surface area contributed by atoms with Crippen molar-refractivity contribution in [1.29, 1.82) is 0 Å². The second kappa shape index (κ2) is 6.78. The molecule has 2 aliphatic heterocycles. The number of rotatable bonds is 3. The summed E-state index contributed by atoms with van der Waals surface area (Å²) in [5, 5.41) is 10.8. The number of pyridine rings is 1. The Balaban J connectivity index is 1.72. The molecule has 1 aromatic heterocycles. The van der Waals surface area contributed by atoms with Crippen molar-refractivity contribution in [3.05, 3.63) is 52.0 Å². The van der Waals surface area contributed by atoms with Crippen LogP contribution in [-0.4, -0.2) is 29.7 Å². The number of hydrogen-bond acceptors (Lipinski definition) is 6. The fourth-order valence-electron chi connectivity index (χ4n) is 3.61. The van der Waals surface area contributed by atoms with Gasteiger partial charge in [-0.05, 0) is 41.3 Å². The zero-order valence-electron chi connectivity index (χ0n) is 14.1. The van der Waals surface area contributed by atoms with E-state index in [1.54, 1.807) is 6.07 Å². The quantitative estimate of drug-likeness (QED) is 0.615. The Kier molecular flexibility index (Phi) is 4.32. The van der Waals surface area contributed by atoms with Crippen molar-refractivity contribution in [2.24, 2.45) is 0 Å². The number of anilines is 1. The van der Waals surface area contributed by atoms with E-state index < -0.39 is 4.92 Å². The minimum atomic E-state index is -0.522. The summed E-state index contributed by atoms with van der Waals surface area (Å²) in [7, 11) is 0. The van der Waals surface area contributed by atoms with Crippen molar-refractivity contribution in [2.75, 3.05) is 24.7 Å². The van der Waals surface area contributed by atoms with Crippen LogP contribution in [0.2, 0.25) is 0 Å². The van der Waals surface area contributed by atoms with Crippen LogP contribution < -0.4 is 14.4 Å². The fraction of sp³-hybridized carbons (Fsp3) is 0.389. The molecule has 4 rings (SSSR count). The molecular formula is C18H18FN3O4. The molecule has 0 saturated carbocycles. The van der Waals surface area contributed by atoms with Gasteiger partial charge < -0.3 is 24.5 Å². The van der Waals surface area contributed by atoms with E-state index in [0.717, 1.165) is 37.1 Å². The minimum absolute atomic E-state index is 0.0989. The molecule has 1 unspecified atom stereocenters. The number of benzene rings is 1.